The SMILES string of the molecule is COc1ccc(C(=O)c2cccc(N)c2NC(=O)c2ccc3ccccc3c2)cc1. The summed E-state index contributed by atoms with van der Waals surface area (Å²) in [7, 11) is 1.56. The van der Waals surface area contributed by atoms with Gasteiger partial charge in [-0.3, -0.25) is 9.59 Å². The molecule has 0 unspecified atom stereocenters. The largest absolute Gasteiger partial charge is 0.497 e. The summed E-state index contributed by atoms with van der Waals surface area (Å²) in [5.74, 6) is 0.0881. The van der Waals surface area contributed by atoms with Gasteiger partial charge in [0.15, 0.2) is 5.78 Å². The maximum Gasteiger partial charge on any atom is 0.255 e. The quantitative estimate of drug-likeness (QED) is 0.371. The lowest BCUT2D eigenvalue weighted by molar-refractivity contribution is 0.102. The monoisotopic (exact) mass is 396 g/mol. The highest BCUT2D eigenvalue weighted by molar-refractivity contribution is 6.17. The number of hydrogen-bond donors (Lipinski definition) is 2. The third-order valence-electron chi connectivity index (χ3n) is 4.94. The zero-order valence-corrected chi connectivity index (χ0v) is 16.4. The van der Waals surface area contributed by atoms with E-state index < -0.39 is 0 Å². The third-order valence-corrected chi connectivity index (χ3v) is 4.94. The van der Waals surface area contributed by atoms with Crippen molar-refractivity contribution in [3.63, 3.8) is 0 Å². The van der Waals surface area contributed by atoms with Crippen molar-refractivity contribution in [2.24, 2.45) is 0 Å². The smallest absolute Gasteiger partial charge is 0.255 e. The average Bonchev–Trinajstić information content (AvgIpc) is 2.79. The van der Waals surface area contributed by atoms with E-state index in [4.69, 9.17) is 10.5 Å². The van der Waals surface area contributed by atoms with E-state index in [0.29, 0.717) is 33.8 Å². The Labute approximate surface area is 174 Å². The Kier molecular flexibility index (Phi) is 5.18. The van der Waals surface area contributed by atoms with E-state index in [1.165, 1.54) is 0 Å². The van der Waals surface area contributed by atoms with Gasteiger partial charge in [-0.2, -0.15) is 0 Å². The van der Waals surface area contributed by atoms with Gasteiger partial charge >= 0.3 is 0 Å². The molecule has 0 spiro atoms. The Balaban J connectivity index is 1.66. The number of nitrogens with one attached hydrogen (secondary N) is 1. The number of benzene rings is 4. The number of nitrogens with two attached hydrogens (primary N) is 1. The zero-order valence-electron chi connectivity index (χ0n) is 16.4. The molecule has 148 valence electrons. The minimum atomic E-state index is -0.331. The first-order valence-electron chi connectivity index (χ1n) is 9.44. The van der Waals surface area contributed by atoms with Crippen LogP contribution in [-0.2, 0) is 0 Å². The molecule has 0 radical (unpaired) electrons. The number of fused-ring (bicyclic) bond motifs is 1. The van der Waals surface area contributed by atoms with Crippen LogP contribution in [0.2, 0.25) is 0 Å². The molecule has 0 bridgehead atoms. The van der Waals surface area contributed by atoms with Crippen molar-refractivity contribution in [3.05, 3.63) is 102 Å². The normalized spacial score (nSPS) is 10.6. The molecule has 0 aliphatic heterocycles. The highest BCUT2D eigenvalue weighted by Gasteiger charge is 2.18. The van der Waals surface area contributed by atoms with E-state index >= 15 is 0 Å². The Morgan fingerprint density at radius 1 is 0.800 bits per heavy atom. The summed E-state index contributed by atoms with van der Waals surface area (Å²) >= 11 is 0. The van der Waals surface area contributed by atoms with Crippen LogP contribution in [-0.4, -0.2) is 18.8 Å². The summed E-state index contributed by atoms with van der Waals surface area (Å²) < 4.78 is 5.14. The lowest BCUT2D eigenvalue weighted by Gasteiger charge is -2.14. The number of carbonyl (C=O) groups excluding carboxylic acids is 2. The molecule has 0 aliphatic carbocycles. The van der Waals surface area contributed by atoms with Gasteiger partial charge in [-0.25, -0.2) is 0 Å². The summed E-state index contributed by atoms with van der Waals surface area (Å²) in [4.78, 5) is 26.0. The van der Waals surface area contributed by atoms with Crippen LogP contribution in [0.25, 0.3) is 10.8 Å². The molecular weight excluding hydrogens is 376 g/mol. The first-order chi connectivity index (χ1) is 14.6. The van der Waals surface area contributed by atoms with Gasteiger partial charge in [0.1, 0.15) is 5.75 Å². The number of nitrogen functional groups attached to an aromatic ring is 1. The maximum atomic E-state index is 13.1. The molecule has 0 saturated heterocycles. The van der Waals surface area contributed by atoms with Crippen LogP contribution in [0.1, 0.15) is 26.3 Å². The number of hydrogen-bond acceptors (Lipinski definition) is 4. The lowest BCUT2D eigenvalue weighted by atomic mass is 10.00. The molecule has 4 aromatic rings. The first kappa shape index (κ1) is 19.2. The van der Waals surface area contributed by atoms with Crippen molar-refractivity contribution in [2.45, 2.75) is 0 Å². The van der Waals surface area contributed by atoms with E-state index in [0.717, 1.165) is 10.8 Å². The summed E-state index contributed by atoms with van der Waals surface area (Å²) in [6.07, 6.45) is 0. The second-order valence-electron chi connectivity index (χ2n) is 6.84. The van der Waals surface area contributed by atoms with Crippen molar-refractivity contribution >= 4 is 33.8 Å². The minimum absolute atomic E-state index is 0.237. The van der Waals surface area contributed by atoms with Gasteiger partial charge in [-0.15, -0.1) is 0 Å². The van der Waals surface area contributed by atoms with Crippen LogP contribution in [0.15, 0.2) is 84.9 Å². The lowest BCUT2D eigenvalue weighted by Crippen LogP contribution is -2.16. The molecule has 0 saturated carbocycles. The topological polar surface area (TPSA) is 81.4 Å². The molecule has 4 aromatic carbocycles. The number of para-hydroxylation sites is 1. The first-order valence-corrected chi connectivity index (χ1v) is 9.44. The Morgan fingerprint density at radius 3 is 2.23 bits per heavy atom. The molecule has 5 heteroatoms. The Hall–Kier alpha value is -4.12. The van der Waals surface area contributed by atoms with Crippen molar-refractivity contribution < 1.29 is 14.3 Å². The van der Waals surface area contributed by atoms with Crippen molar-refractivity contribution in [3.8, 4) is 5.75 Å². The summed E-state index contributed by atoms with van der Waals surface area (Å²) in [5.41, 5.74) is 8.03. The molecule has 0 aliphatic rings. The van der Waals surface area contributed by atoms with Gasteiger partial charge in [0.2, 0.25) is 0 Å². The molecule has 0 fully saturated rings. The van der Waals surface area contributed by atoms with Gasteiger partial charge in [0, 0.05) is 16.7 Å². The number of methoxy groups -OCH3 is 1. The summed E-state index contributed by atoms with van der Waals surface area (Å²) in [6.45, 7) is 0. The number of ether oxygens (including phenoxy) is 1. The van der Waals surface area contributed by atoms with E-state index in [-0.39, 0.29) is 11.7 Å². The fourth-order valence-electron chi connectivity index (χ4n) is 3.31. The molecule has 30 heavy (non-hydrogen) atoms. The van der Waals surface area contributed by atoms with Crippen LogP contribution < -0.4 is 15.8 Å². The van der Waals surface area contributed by atoms with Crippen LogP contribution in [0.4, 0.5) is 11.4 Å². The molecular formula is C25H20N2O3. The van der Waals surface area contributed by atoms with Gasteiger partial charge in [-0.05, 0) is 59.3 Å². The Morgan fingerprint density at radius 2 is 1.50 bits per heavy atom. The highest BCUT2D eigenvalue weighted by Crippen LogP contribution is 2.27. The minimum Gasteiger partial charge on any atom is -0.497 e. The molecule has 3 N–H and O–H groups in total. The number of rotatable bonds is 5. The van der Waals surface area contributed by atoms with Gasteiger partial charge < -0.3 is 15.8 Å². The second kappa shape index (κ2) is 8.09. The van der Waals surface area contributed by atoms with E-state index in [1.807, 2.05) is 36.4 Å². The molecule has 4 rings (SSSR count). The standard InChI is InChI=1S/C25H20N2O3/c1-30-20-13-11-17(12-14-20)24(28)21-7-4-8-22(26)23(21)27-25(29)19-10-9-16-5-2-3-6-18(16)15-19/h2-15H,26H2,1H3,(H,27,29). The second-order valence-corrected chi connectivity index (χ2v) is 6.84. The number of carbonyl (C=O) groups is 2. The Bertz CT molecular complexity index is 1250. The third kappa shape index (κ3) is 3.73. The predicted molar refractivity (Wildman–Crippen MR) is 119 cm³/mol. The van der Waals surface area contributed by atoms with E-state index in [9.17, 15) is 9.59 Å². The van der Waals surface area contributed by atoms with Crippen LogP contribution in [0.3, 0.4) is 0 Å². The van der Waals surface area contributed by atoms with Gasteiger partial charge in [-0.1, -0.05) is 36.4 Å². The molecule has 0 heterocycles. The highest BCUT2D eigenvalue weighted by atomic mass is 16.5. The number of anilines is 2. The van der Waals surface area contributed by atoms with Crippen LogP contribution >= 0.6 is 0 Å². The number of amides is 1. The molecule has 1 amide bonds. The van der Waals surface area contributed by atoms with Gasteiger partial charge in [0.05, 0.1) is 18.5 Å². The average molecular weight is 396 g/mol. The van der Waals surface area contributed by atoms with Crippen molar-refractivity contribution in [1.82, 2.24) is 0 Å². The predicted octanol–water partition coefficient (Wildman–Crippen LogP) is 4.91. The fraction of sp³-hybridized carbons (Fsp3) is 0.0400. The molecule has 5 nitrogen and oxygen atoms in total. The van der Waals surface area contributed by atoms with E-state index in [1.54, 1.807) is 55.6 Å². The fourth-order valence-corrected chi connectivity index (χ4v) is 3.31. The van der Waals surface area contributed by atoms with Crippen LogP contribution in [0, 0.1) is 0 Å². The summed E-state index contributed by atoms with van der Waals surface area (Å²) in [5, 5.41) is 4.83. The molecule has 0 atom stereocenters. The van der Waals surface area contributed by atoms with Crippen molar-refractivity contribution in [2.75, 3.05) is 18.2 Å². The molecule has 0 aromatic heterocycles. The van der Waals surface area contributed by atoms with Gasteiger partial charge in [0.25, 0.3) is 5.91 Å². The number of ketones is 1. The summed E-state index contributed by atoms with van der Waals surface area (Å²) in [6, 6.07) is 25.0. The van der Waals surface area contributed by atoms with Crippen molar-refractivity contribution in [1.29, 1.82) is 0 Å². The maximum absolute atomic E-state index is 13.1. The van der Waals surface area contributed by atoms with Crippen LogP contribution in [0.5, 0.6) is 5.75 Å². The van der Waals surface area contributed by atoms with E-state index in [2.05, 4.69) is 5.32 Å². The zero-order chi connectivity index (χ0) is 21.1.